The van der Waals surface area contributed by atoms with Crippen LogP contribution >= 0.6 is 0 Å². The van der Waals surface area contributed by atoms with Crippen molar-refractivity contribution in [3.8, 4) is 5.75 Å². The smallest absolute Gasteiger partial charge is 0.182 e. The van der Waals surface area contributed by atoms with Gasteiger partial charge in [-0.2, -0.15) is 0 Å². The third-order valence-electron chi connectivity index (χ3n) is 2.54. The zero-order valence-electron chi connectivity index (χ0n) is 9.04. The number of carbonyl (C=O) groups is 1. The molecule has 0 spiro atoms. The highest BCUT2D eigenvalue weighted by molar-refractivity contribution is 6.02. The average Bonchev–Trinajstić information content (AvgIpc) is 2.61. The monoisotopic (exact) mass is 205 g/mol. The van der Waals surface area contributed by atoms with Gasteiger partial charge in [-0.1, -0.05) is 12.1 Å². The van der Waals surface area contributed by atoms with Crippen molar-refractivity contribution in [2.45, 2.75) is 25.8 Å². The lowest BCUT2D eigenvalue weighted by atomic mass is 9.93. The first-order chi connectivity index (χ1) is 6.98. The Morgan fingerprint density at radius 3 is 2.87 bits per heavy atom. The lowest BCUT2D eigenvalue weighted by Gasteiger charge is -2.17. The summed E-state index contributed by atoms with van der Waals surface area (Å²) in [6.07, 6.45) is 0.926. The molecular formula is C12H15NO2. The second kappa shape index (κ2) is 3.35. The van der Waals surface area contributed by atoms with E-state index in [1.807, 2.05) is 12.1 Å². The van der Waals surface area contributed by atoms with Gasteiger partial charge >= 0.3 is 0 Å². The van der Waals surface area contributed by atoms with Gasteiger partial charge in [-0.05, 0) is 25.5 Å². The highest BCUT2D eigenvalue weighted by atomic mass is 16.5. The zero-order valence-corrected chi connectivity index (χ0v) is 9.04. The number of hydrogen-bond donors (Lipinski definition) is 1. The number of rotatable bonds is 2. The molecule has 0 saturated carbocycles. The Balaban J connectivity index is 2.35. The van der Waals surface area contributed by atoms with Gasteiger partial charge in [0, 0.05) is 12.0 Å². The summed E-state index contributed by atoms with van der Waals surface area (Å²) in [6.45, 7) is 4.13. The van der Waals surface area contributed by atoms with E-state index in [0.29, 0.717) is 12.2 Å². The molecule has 3 nitrogen and oxygen atoms in total. The van der Waals surface area contributed by atoms with E-state index in [2.05, 4.69) is 0 Å². The van der Waals surface area contributed by atoms with Crippen molar-refractivity contribution in [1.29, 1.82) is 0 Å². The number of ether oxygens (including phenoxy) is 1. The summed E-state index contributed by atoms with van der Waals surface area (Å²) >= 11 is 0. The van der Waals surface area contributed by atoms with Gasteiger partial charge in [0.05, 0.1) is 12.1 Å². The van der Waals surface area contributed by atoms with Crippen LogP contribution in [0.15, 0.2) is 18.2 Å². The first kappa shape index (κ1) is 10.2. The van der Waals surface area contributed by atoms with Crippen LogP contribution in [0.4, 0.5) is 0 Å². The molecule has 2 N–H and O–H groups in total. The molecule has 0 atom stereocenters. The molecule has 2 rings (SSSR count). The van der Waals surface area contributed by atoms with Gasteiger partial charge in [0.2, 0.25) is 0 Å². The zero-order chi connectivity index (χ0) is 11.1. The van der Waals surface area contributed by atoms with Crippen molar-refractivity contribution in [1.82, 2.24) is 0 Å². The average molecular weight is 205 g/mol. The Bertz CT molecular complexity index is 405. The first-order valence-corrected chi connectivity index (χ1v) is 5.08. The van der Waals surface area contributed by atoms with Crippen LogP contribution in [0.2, 0.25) is 0 Å². The topological polar surface area (TPSA) is 52.3 Å². The van der Waals surface area contributed by atoms with Crippen molar-refractivity contribution in [3.63, 3.8) is 0 Å². The Morgan fingerprint density at radius 1 is 1.47 bits per heavy atom. The summed E-state index contributed by atoms with van der Waals surface area (Å²) in [5.74, 6) is 0.769. The molecule has 0 amide bonds. The van der Waals surface area contributed by atoms with Crippen LogP contribution < -0.4 is 10.5 Å². The molecule has 80 valence electrons. The number of Topliss-reactive ketones (excluding diaryl/α,β-unsaturated/α-hetero) is 1. The van der Waals surface area contributed by atoms with Gasteiger partial charge < -0.3 is 10.5 Å². The highest BCUT2D eigenvalue weighted by Gasteiger charge is 2.25. The van der Waals surface area contributed by atoms with Gasteiger partial charge in [0.25, 0.3) is 0 Å². The molecule has 0 saturated heterocycles. The fourth-order valence-corrected chi connectivity index (χ4v) is 1.68. The molecule has 0 radical (unpaired) electrons. The van der Waals surface area contributed by atoms with E-state index in [9.17, 15) is 4.79 Å². The molecule has 0 unspecified atom stereocenters. The third-order valence-corrected chi connectivity index (χ3v) is 2.54. The molecule has 1 aromatic rings. The standard InChI is InChI=1S/C12H15NO2/c1-12(2,13)11(14)9-4-3-8-5-6-15-10(8)7-9/h3-4,7H,5-6,13H2,1-2H3. The number of carbonyl (C=O) groups excluding carboxylic acids is 1. The molecule has 1 heterocycles. The maximum Gasteiger partial charge on any atom is 0.182 e. The second-order valence-electron chi connectivity index (χ2n) is 4.47. The second-order valence-corrected chi connectivity index (χ2v) is 4.47. The van der Waals surface area contributed by atoms with Gasteiger partial charge in [0.1, 0.15) is 5.75 Å². The van der Waals surface area contributed by atoms with E-state index < -0.39 is 5.54 Å². The highest BCUT2D eigenvalue weighted by Crippen LogP contribution is 2.27. The van der Waals surface area contributed by atoms with Gasteiger partial charge in [0.15, 0.2) is 5.78 Å². The van der Waals surface area contributed by atoms with Crippen molar-refractivity contribution in [3.05, 3.63) is 29.3 Å². The van der Waals surface area contributed by atoms with Crippen molar-refractivity contribution in [2.24, 2.45) is 5.73 Å². The van der Waals surface area contributed by atoms with Crippen molar-refractivity contribution >= 4 is 5.78 Å². The Kier molecular flexibility index (Phi) is 2.27. The molecule has 1 aliphatic rings. The molecule has 15 heavy (non-hydrogen) atoms. The molecule has 1 aromatic carbocycles. The Morgan fingerprint density at radius 2 is 2.20 bits per heavy atom. The maximum absolute atomic E-state index is 11.9. The summed E-state index contributed by atoms with van der Waals surface area (Å²) in [5.41, 5.74) is 6.74. The van der Waals surface area contributed by atoms with E-state index in [-0.39, 0.29) is 5.78 Å². The van der Waals surface area contributed by atoms with Gasteiger partial charge in [-0.25, -0.2) is 0 Å². The normalized spacial score (nSPS) is 14.6. The van der Waals surface area contributed by atoms with Crippen LogP contribution in [0.1, 0.15) is 29.8 Å². The molecule has 3 heteroatoms. The Labute approximate surface area is 89.2 Å². The molecule has 1 aliphatic heterocycles. The van der Waals surface area contributed by atoms with Crippen LogP contribution in [0.5, 0.6) is 5.75 Å². The molecule has 0 aromatic heterocycles. The van der Waals surface area contributed by atoms with Crippen LogP contribution in [0, 0.1) is 0 Å². The quantitative estimate of drug-likeness (QED) is 0.745. The minimum atomic E-state index is -0.827. The predicted molar refractivity (Wildman–Crippen MR) is 58.2 cm³/mol. The fourth-order valence-electron chi connectivity index (χ4n) is 1.68. The van der Waals surface area contributed by atoms with E-state index in [1.54, 1.807) is 19.9 Å². The fraction of sp³-hybridized carbons (Fsp3) is 0.417. The molecule has 0 bridgehead atoms. The number of nitrogens with two attached hydrogens (primary N) is 1. The number of benzene rings is 1. The molecular weight excluding hydrogens is 190 g/mol. The van der Waals surface area contributed by atoms with E-state index in [4.69, 9.17) is 10.5 Å². The summed E-state index contributed by atoms with van der Waals surface area (Å²) in [7, 11) is 0. The third kappa shape index (κ3) is 1.88. The van der Waals surface area contributed by atoms with Gasteiger partial charge in [-0.15, -0.1) is 0 Å². The first-order valence-electron chi connectivity index (χ1n) is 5.08. The SMILES string of the molecule is CC(C)(N)C(=O)c1ccc2c(c1)OCC2. The summed E-state index contributed by atoms with van der Waals surface area (Å²) in [6, 6.07) is 5.56. The predicted octanol–water partition coefficient (Wildman–Crippen LogP) is 1.54. The minimum Gasteiger partial charge on any atom is -0.493 e. The van der Waals surface area contributed by atoms with Crippen molar-refractivity contribution < 1.29 is 9.53 Å². The minimum absolute atomic E-state index is 0.0548. The number of ketones is 1. The lowest BCUT2D eigenvalue weighted by molar-refractivity contribution is 0.0913. The van der Waals surface area contributed by atoms with Crippen LogP contribution in [-0.4, -0.2) is 17.9 Å². The largest absolute Gasteiger partial charge is 0.493 e. The summed E-state index contributed by atoms with van der Waals surface area (Å²) in [5, 5.41) is 0. The Hall–Kier alpha value is -1.35. The number of hydrogen-bond acceptors (Lipinski definition) is 3. The maximum atomic E-state index is 11.9. The van der Waals surface area contributed by atoms with E-state index >= 15 is 0 Å². The molecule has 0 aliphatic carbocycles. The summed E-state index contributed by atoms with van der Waals surface area (Å²) < 4.78 is 5.41. The van der Waals surface area contributed by atoms with E-state index in [0.717, 1.165) is 12.2 Å². The van der Waals surface area contributed by atoms with Crippen LogP contribution in [-0.2, 0) is 6.42 Å². The summed E-state index contributed by atoms with van der Waals surface area (Å²) in [4.78, 5) is 11.9. The van der Waals surface area contributed by atoms with Crippen LogP contribution in [0.3, 0.4) is 0 Å². The lowest BCUT2D eigenvalue weighted by Crippen LogP contribution is -2.41. The van der Waals surface area contributed by atoms with Gasteiger partial charge in [-0.3, -0.25) is 4.79 Å². The number of fused-ring (bicyclic) bond motifs is 1. The molecule has 0 fully saturated rings. The van der Waals surface area contributed by atoms with Crippen LogP contribution in [0.25, 0.3) is 0 Å². The van der Waals surface area contributed by atoms with E-state index in [1.165, 1.54) is 5.56 Å². The van der Waals surface area contributed by atoms with Crippen molar-refractivity contribution in [2.75, 3.05) is 6.61 Å².